The minimum absolute atomic E-state index is 0. The Labute approximate surface area is 99.4 Å². The Morgan fingerprint density at radius 1 is 1.13 bits per heavy atom. The number of halogens is 1. The van der Waals surface area contributed by atoms with Crippen LogP contribution in [0, 0.1) is 0 Å². The van der Waals surface area contributed by atoms with Crippen LogP contribution in [0.4, 0.5) is 5.82 Å². The molecule has 2 N–H and O–H groups in total. The number of nitrogen functional groups attached to an aromatic ring is 1. The van der Waals surface area contributed by atoms with Crippen molar-refractivity contribution in [2.75, 3.05) is 5.73 Å². The molecule has 0 saturated carbocycles. The summed E-state index contributed by atoms with van der Waals surface area (Å²) in [5, 5.41) is 0. The van der Waals surface area contributed by atoms with E-state index in [1.807, 2.05) is 47.2 Å². The van der Waals surface area contributed by atoms with Crippen molar-refractivity contribution in [3.8, 4) is 0 Å². The number of aromatic nitrogens is 2. The first-order valence-electron chi connectivity index (χ1n) is 4.50. The molecule has 0 fully saturated rings. The molecule has 0 spiro atoms. The summed E-state index contributed by atoms with van der Waals surface area (Å²) in [4.78, 5) is 4.24. The van der Waals surface area contributed by atoms with Crippen LogP contribution in [0.25, 0.3) is 0 Å². The van der Waals surface area contributed by atoms with Gasteiger partial charge in [-0.3, -0.25) is 10.7 Å². The molecule has 3 nitrogen and oxygen atoms in total. The molecule has 0 aromatic carbocycles. The molecular formula is C11H12BrN3. The maximum Gasteiger partial charge on any atom is 0.272 e. The molecule has 15 heavy (non-hydrogen) atoms. The van der Waals surface area contributed by atoms with Gasteiger partial charge in [-0.1, -0.05) is 12.1 Å². The molecular weight excluding hydrogens is 254 g/mol. The van der Waals surface area contributed by atoms with Crippen LogP contribution >= 0.6 is 0 Å². The summed E-state index contributed by atoms with van der Waals surface area (Å²) < 4.78 is 1.96. The van der Waals surface area contributed by atoms with Gasteiger partial charge in [-0.25, -0.2) is 4.57 Å². The highest BCUT2D eigenvalue weighted by Gasteiger charge is 2.03. The Morgan fingerprint density at radius 2 is 1.93 bits per heavy atom. The third-order valence-electron chi connectivity index (χ3n) is 2.03. The van der Waals surface area contributed by atoms with Gasteiger partial charge in [-0.05, 0) is 18.2 Å². The summed E-state index contributed by atoms with van der Waals surface area (Å²) in [5.74, 6) is 0.748. The zero-order valence-electron chi connectivity index (χ0n) is 8.18. The van der Waals surface area contributed by atoms with E-state index in [2.05, 4.69) is 4.98 Å². The zero-order valence-corrected chi connectivity index (χ0v) is 9.76. The Morgan fingerprint density at radius 3 is 2.60 bits per heavy atom. The third-order valence-corrected chi connectivity index (χ3v) is 2.03. The Hall–Kier alpha value is -1.42. The number of rotatable bonds is 2. The van der Waals surface area contributed by atoms with E-state index >= 15 is 0 Å². The van der Waals surface area contributed by atoms with Crippen LogP contribution in [0.2, 0.25) is 0 Å². The van der Waals surface area contributed by atoms with Crippen molar-refractivity contribution in [3.05, 3.63) is 54.5 Å². The smallest absolute Gasteiger partial charge is 0.272 e. The van der Waals surface area contributed by atoms with Crippen molar-refractivity contribution < 1.29 is 21.5 Å². The van der Waals surface area contributed by atoms with Crippen LogP contribution in [-0.2, 0) is 6.54 Å². The average molecular weight is 266 g/mol. The maximum atomic E-state index is 5.80. The second-order valence-electron chi connectivity index (χ2n) is 3.07. The van der Waals surface area contributed by atoms with Crippen LogP contribution in [-0.4, -0.2) is 4.98 Å². The fourth-order valence-corrected chi connectivity index (χ4v) is 1.30. The summed E-state index contributed by atoms with van der Waals surface area (Å²) in [6.07, 6.45) is 3.74. The quantitative estimate of drug-likeness (QED) is 0.639. The molecule has 2 aromatic rings. The monoisotopic (exact) mass is 265 g/mol. The van der Waals surface area contributed by atoms with Crippen molar-refractivity contribution in [2.24, 2.45) is 0 Å². The van der Waals surface area contributed by atoms with E-state index in [-0.39, 0.29) is 17.0 Å². The van der Waals surface area contributed by atoms with E-state index in [0.29, 0.717) is 6.54 Å². The van der Waals surface area contributed by atoms with Crippen molar-refractivity contribution in [3.63, 3.8) is 0 Å². The zero-order chi connectivity index (χ0) is 9.80. The van der Waals surface area contributed by atoms with E-state index in [1.54, 1.807) is 6.20 Å². The molecule has 0 aliphatic rings. The summed E-state index contributed by atoms with van der Waals surface area (Å²) in [6.45, 7) is 0.716. The molecule has 0 saturated heterocycles. The third kappa shape index (κ3) is 3.02. The fraction of sp³-hybridized carbons (Fsp3) is 0.0909. The second-order valence-corrected chi connectivity index (χ2v) is 3.07. The number of hydrogen-bond donors (Lipinski definition) is 1. The number of hydrogen-bond acceptors (Lipinski definition) is 2. The number of nitrogens with two attached hydrogens (primary N) is 1. The lowest BCUT2D eigenvalue weighted by atomic mass is 10.3. The number of anilines is 1. The highest BCUT2D eigenvalue weighted by atomic mass is 79.9. The van der Waals surface area contributed by atoms with Gasteiger partial charge in [0.2, 0.25) is 0 Å². The van der Waals surface area contributed by atoms with E-state index in [4.69, 9.17) is 5.73 Å². The first-order valence-corrected chi connectivity index (χ1v) is 4.50. The van der Waals surface area contributed by atoms with Gasteiger partial charge in [0, 0.05) is 12.3 Å². The van der Waals surface area contributed by atoms with Gasteiger partial charge in [0.15, 0.2) is 0 Å². The summed E-state index contributed by atoms with van der Waals surface area (Å²) in [7, 11) is 0. The van der Waals surface area contributed by atoms with Crippen molar-refractivity contribution in [2.45, 2.75) is 6.54 Å². The Bertz CT molecular complexity index is 417. The van der Waals surface area contributed by atoms with Gasteiger partial charge in [-0.15, -0.1) is 0 Å². The molecule has 0 radical (unpaired) electrons. The Balaban J connectivity index is 0.00000112. The van der Waals surface area contributed by atoms with Gasteiger partial charge in [0.05, 0.1) is 11.9 Å². The molecule has 0 aliphatic carbocycles. The first-order chi connectivity index (χ1) is 6.86. The van der Waals surface area contributed by atoms with Gasteiger partial charge < -0.3 is 17.0 Å². The van der Waals surface area contributed by atoms with Crippen molar-refractivity contribution in [1.82, 2.24) is 4.98 Å². The SMILES string of the molecule is Nc1cccc[n+]1Cc1ccccn1.[Br-]. The number of pyridine rings is 2. The lowest BCUT2D eigenvalue weighted by molar-refractivity contribution is -0.674. The molecule has 2 rings (SSSR count). The second kappa shape index (κ2) is 5.46. The lowest BCUT2D eigenvalue weighted by Crippen LogP contribution is -3.00. The number of nitrogens with zero attached hydrogens (tertiary/aromatic N) is 2. The molecule has 0 unspecified atom stereocenters. The highest BCUT2D eigenvalue weighted by Crippen LogP contribution is 1.96. The predicted molar refractivity (Wildman–Crippen MR) is 54.4 cm³/mol. The van der Waals surface area contributed by atoms with E-state index < -0.39 is 0 Å². The standard InChI is InChI=1S/C11H11N3.BrH/c12-11-6-2-4-8-14(11)9-10-5-1-3-7-13-10;/h1-8,12H,9H2;1H. The van der Waals surface area contributed by atoms with E-state index in [9.17, 15) is 0 Å². The molecule has 2 aromatic heterocycles. The topological polar surface area (TPSA) is 42.8 Å². The predicted octanol–water partition coefficient (Wildman–Crippen LogP) is -2.00. The summed E-state index contributed by atoms with van der Waals surface area (Å²) in [6, 6.07) is 11.6. The van der Waals surface area contributed by atoms with Gasteiger partial charge >= 0.3 is 0 Å². The fourth-order valence-electron chi connectivity index (χ4n) is 1.30. The molecule has 0 aliphatic heterocycles. The molecule has 0 atom stereocenters. The molecule has 0 bridgehead atoms. The minimum Gasteiger partial charge on any atom is -1.00 e. The first kappa shape index (κ1) is 11.7. The van der Waals surface area contributed by atoms with Crippen molar-refractivity contribution >= 4 is 5.82 Å². The van der Waals surface area contributed by atoms with E-state index in [1.165, 1.54) is 0 Å². The van der Waals surface area contributed by atoms with Crippen LogP contribution in [0.3, 0.4) is 0 Å². The molecule has 4 heteroatoms. The van der Waals surface area contributed by atoms with Crippen LogP contribution in [0.15, 0.2) is 48.8 Å². The van der Waals surface area contributed by atoms with Gasteiger partial charge in [-0.2, -0.15) is 0 Å². The van der Waals surface area contributed by atoms with Crippen LogP contribution in [0.5, 0.6) is 0 Å². The van der Waals surface area contributed by atoms with Crippen LogP contribution in [0.1, 0.15) is 5.69 Å². The summed E-state index contributed by atoms with van der Waals surface area (Å²) >= 11 is 0. The van der Waals surface area contributed by atoms with Crippen LogP contribution < -0.4 is 27.3 Å². The molecule has 0 amide bonds. The normalized spacial score (nSPS) is 9.33. The Kier molecular flexibility index (Phi) is 4.24. The lowest BCUT2D eigenvalue weighted by Gasteiger charge is -2.01. The largest absolute Gasteiger partial charge is 1.00 e. The van der Waals surface area contributed by atoms with Gasteiger partial charge in [0.1, 0.15) is 6.54 Å². The average Bonchev–Trinajstić information content (AvgIpc) is 2.23. The van der Waals surface area contributed by atoms with Gasteiger partial charge in [0.25, 0.3) is 5.82 Å². The molecule has 78 valence electrons. The minimum atomic E-state index is 0. The summed E-state index contributed by atoms with van der Waals surface area (Å²) in [5.41, 5.74) is 6.81. The maximum absolute atomic E-state index is 5.80. The van der Waals surface area contributed by atoms with E-state index in [0.717, 1.165) is 11.5 Å². The molecule has 2 heterocycles. The highest BCUT2D eigenvalue weighted by molar-refractivity contribution is 5.19. The van der Waals surface area contributed by atoms with Crippen molar-refractivity contribution in [1.29, 1.82) is 0 Å².